The standard InChI is InChI=1S/C13H11BrN2O4S/c1-20-13(17)12-10(6-11(14)21-12)15-7-8-3-2-4-9(5-8)16(18)19/h2-6,15H,7H2,1H3. The number of carbonyl (C=O) groups is 1. The van der Waals surface area contributed by atoms with E-state index in [-0.39, 0.29) is 5.69 Å². The van der Waals surface area contributed by atoms with Crippen molar-refractivity contribution in [3.63, 3.8) is 0 Å². The van der Waals surface area contributed by atoms with Crippen LogP contribution in [-0.4, -0.2) is 18.0 Å². The van der Waals surface area contributed by atoms with Gasteiger partial charge in [-0.3, -0.25) is 10.1 Å². The lowest BCUT2D eigenvalue weighted by molar-refractivity contribution is -0.384. The molecule has 6 nitrogen and oxygen atoms in total. The van der Waals surface area contributed by atoms with E-state index in [1.165, 1.54) is 30.6 Å². The van der Waals surface area contributed by atoms with E-state index in [1.54, 1.807) is 18.2 Å². The van der Waals surface area contributed by atoms with Crippen LogP contribution >= 0.6 is 27.3 Å². The largest absolute Gasteiger partial charge is 0.465 e. The molecule has 0 fully saturated rings. The average molecular weight is 371 g/mol. The van der Waals surface area contributed by atoms with Gasteiger partial charge in [0.1, 0.15) is 4.88 Å². The third kappa shape index (κ3) is 3.79. The quantitative estimate of drug-likeness (QED) is 0.491. The summed E-state index contributed by atoms with van der Waals surface area (Å²) in [4.78, 5) is 22.4. The van der Waals surface area contributed by atoms with Gasteiger partial charge in [0.15, 0.2) is 0 Å². The fourth-order valence-corrected chi connectivity index (χ4v) is 3.21. The second-order valence-corrected chi connectivity index (χ2v) is 6.50. The SMILES string of the molecule is COC(=O)c1sc(Br)cc1NCc1cccc([N+](=O)[O-])c1. The van der Waals surface area contributed by atoms with Crippen LogP contribution in [0.4, 0.5) is 11.4 Å². The van der Waals surface area contributed by atoms with Crippen molar-refractivity contribution < 1.29 is 14.5 Å². The number of nitro groups is 1. The molecule has 0 radical (unpaired) electrons. The molecular weight excluding hydrogens is 360 g/mol. The lowest BCUT2D eigenvalue weighted by Crippen LogP contribution is -2.05. The third-order valence-corrected chi connectivity index (χ3v) is 4.30. The molecule has 0 unspecified atom stereocenters. The highest BCUT2D eigenvalue weighted by Crippen LogP contribution is 2.32. The Hall–Kier alpha value is -1.93. The maximum absolute atomic E-state index is 11.6. The summed E-state index contributed by atoms with van der Waals surface area (Å²) in [7, 11) is 1.32. The van der Waals surface area contributed by atoms with Gasteiger partial charge in [0.25, 0.3) is 5.69 Å². The van der Waals surface area contributed by atoms with Crippen LogP contribution in [0.5, 0.6) is 0 Å². The molecule has 0 aliphatic carbocycles. The molecule has 0 amide bonds. The van der Waals surface area contributed by atoms with E-state index in [0.717, 1.165) is 9.35 Å². The number of benzene rings is 1. The number of nitro benzene ring substituents is 1. The number of esters is 1. The minimum Gasteiger partial charge on any atom is -0.465 e. The molecule has 2 aromatic rings. The van der Waals surface area contributed by atoms with Gasteiger partial charge in [-0.1, -0.05) is 12.1 Å². The van der Waals surface area contributed by atoms with Crippen LogP contribution in [0.2, 0.25) is 0 Å². The van der Waals surface area contributed by atoms with E-state index in [1.807, 2.05) is 0 Å². The summed E-state index contributed by atoms with van der Waals surface area (Å²) in [5.74, 6) is -0.424. The van der Waals surface area contributed by atoms with Crippen LogP contribution in [0.15, 0.2) is 34.1 Å². The summed E-state index contributed by atoms with van der Waals surface area (Å²) >= 11 is 4.58. The molecule has 0 bridgehead atoms. The van der Waals surface area contributed by atoms with E-state index in [2.05, 4.69) is 21.2 Å². The summed E-state index contributed by atoms with van der Waals surface area (Å²) in [6.45, 7) is 0.370. The second-order valence-electron chi connectivity index (χ2n) is 4.07. The Bertz CT molecular complexity index is 687. The van der Waals surface area contributed by atoms with Gasteiger partial charge < -0.3 is 10.1 Å². The minimum absolute atomic E-state index is 0.0361. The number of hydrogen-bond donors (Lipinski definition) is 1. The Morgan fingerprint density at radius 3 is 2.90 bits per heavy atom. The third-order valence-electron chi connectivity index (χ3n) is 2.68. The molecule has 110 valence electrons. The first-order valence-electron chi connectivity index (χ1n) is 5.86. The highest BCUT2D eigenvalue weighted by molar-refractivity contribution is 9.11. The number of hydrogen-bond acceptors (Lipinski definition) is 6. The first-order valence-corrected chi connectivity index (χ1v) is 7.47. The van der Waals surface area contributed by atoms with Gasteiger partial charge >= 0.3 is 5.97 Å². The predicted molar refractivity (Wildman–Crippen MR) is 83.8 cm³/mol. The van der Waals surface area contributed by atoms with Crippen molar-refractivity contribution in [2.24, 2.45) is 0 Å². The van der Waals surface area contributed by atoms with Gasteiger partial charge in [-0.2, -0.15) is 0 Å². The molecule has 21 heavy (non-hydrogen) atoms. The highest BCUT2D eigenvalue weighted by Gasteiger charge is 2.16. The second kappa shape index (κ2) is 6.68. The Balaban J connectivity index is 2.15. The van der Waals surface area contributed by atoms with E-state index in [9.17, 15) is 14.9 Å². The number of thiophene rings is 1. The maximum Gasteiger partial charge on any atom is 0.350 e. The zero-order valence-electron chi connectivity index (χ0n) is 11.0. The number of non-ortho nitro benzene ring substituents is 1. The van der Waals surface area contributed by atoms with Crippen LogP contribution in [-0.2, 0) is 11.3 Å². The monoisotopic (exact) mass is 370 g/mol. The van der Waals surface area contributed by atoms with Crippen LogP contribution in [0.25, 0.3) is 0 Å². The molecule has 0 spiro atoms. The van der Waals surface area contributed by atoms with Crippen LogP contribution in [0.1, 0.15) is 15.2 Å². The Morgan fingerprint density at radius 1 is 1.48 bits per heavy atom. The summed E-state index contributed by atoms with van der Waals surface area (Å²) in [5.41, 5.74) is 1.42. The Kier molecular flexibility index (Phi) is 4.92. The van der Waals surface area contributed by atoms with Gasteiger partial charge in [0.05, 0.1) is 21.5 Å². The number of anilines is 1. The van der Waals surface area contributed by atoms with E-state index >= 15 is 0 Å². The summed E-state index contributed by atoms with van der Waals surface area (Å²) in [5, 5.41) is 13.8. The maximum atomic E-state index is 11.6. The molecular formula is C13H11BrN2O4S. The van der Waals surface area contributed by atoms with Gasteiger partial charge in [-0.05, 0) is 27.6 Å². The highest BCUT2D eigenvalue weighted by atomic mass is 79.9. The molecule has 0 saturated carbocycles. The van der Waals surface area contributed by atoms with E-state index < -0.39 is 10.9 Å². The fourth-order valence-electron chi connectivity index (χ4n) is 1.71. The molecule has 8 heteroatoms. The van der Waals surface area contributed by atoms with Crippen molar-refractivity contribution in [2.75, 3.05) is 12.4 Å². The molecule has 0 aliphatic rings. The van der Waals surface area contributed by atoms with Crippen molar-refractivity contribution >= 4 is 44.6 Å². The molecule has 1 N–H and O–H groups in total. The number of methoxy groups -OCH3 is 1. The van der Waals surface area contributed by atoms with Gasteiger partial charge in [0, 0.05) is 18.7 Å². The lowest BCUT2D eigenvalue weighted by Gasteiger charge is -2.06. The average Bonchev–Trinajstić information content (AvgIpc) is 2.85. The van der Waals surface area contributed by atoms with Gasteiger partial charge in [-0.25, -0.2) is 4.79 Å². The number of ether oxygens (including phenoxy) is 1. The van der Waals surface area contributed by atoms with E-state index in [4.69, 9.17) is 4.74 Å². The Labute approximate surface area is 133 Å². The summed E-state index contributed by atoms with van der Waals surface area (Å²) < 4.78 is 5.51. The van der Waals surface area contributed by atoms with Crippen molar-refractivity contribution in [1.82, 2.24) is 0 Å². The molecule has 1 aromatic carbocycles. The number of halogens is 1. The van der Waals surface area contributed by atoms with Crippen molar-refractivity contribution in [1.29, 1.82) is 0 Å². The predicted octanol–water partition coefficient (Wildman–Crippen LogP) is 3.82. The van der Waals surface area contributed by atoms with Crippen molar-refractivity contribution in [2.45, 2.75) is 6.54 Å². The zero-order valence-corrected chi connectivity index (χ0v) is 13.4. The lowest BCUT2D eigenvalue weighted by atomic mass is 10.2. The molecule has 0 aliphatic heterocycles. The molecule has 1 aromatic heterocycles. The van der Waals surface area contributed by atoms with Gasteiger partial charge in [0.2, 0.25) is 0 Å². The number of nitrogens with zero attached hydrogens (tertiary/aromatic N) is 1. The first kappa shape index (κ1) is 15.5. The smallest absolute Gasteiger partial charge is 0.350 e. The van der Waals surface area contributed by atoms with Crippen LogP contribution in [0.3, 0.4) is 0 Å². The Morgan fingerprint density at radius 2 is 2.24 bits per heavy atom. The normalized spacial score (nSPS) is 10.2. The zero-order chi connectivity index (χ0) is 15.4. The fraction of sp³-hybridized carbons (Fsp3) is 0.154. The molecule has 1 heterocycles. The topological polar surface area (TPSA) is 81.5 Å². The molecule has 0 saturated heterocycles. The number of rotatable bonds is 5. The molecule has 0 atom stereocenters. The van der Waals surface area contributed by atoms with E-state index in [0.29, 0.717) is 17.1 Å². The van der Waals surface area contributed by atoms with Crippen molar-refractivity contribution in [3.05, 3.63) is 54.7 Å². The number of nitrogens with one attached hydrogen (secondary N) is 1. The summed E-state index contributed by atoms with van der Waals surface area (Å²) in [6, 6.07) is 8.10. The first-order chi connectivity index (χ1) is 10.0. The minimum atomic E-state index is -0.440. The van der Waals surface area contributed by atoms with Crippen LogP contribution in [0, 0.1) is 10.1 Å². The number of carbonyl (C=O) groups excluding carboxylic acids is 1. The summed E-state index contributed by atoms with van der Waals surface area (Å²) in [6.07, 6.45) is 0. The molecule has 2 rings (SSSR count). The van der Waals surface area contributed by atoms with Crippen molar-refractivity contribution in [3.8, 4) is 0 Å². The van der Waals surface area contributed by atoms with Gasteiger partial charge in [-0.15, -0.1) is 11.3 Å². The van der Waals surface area contributed by atoms with Crippen LogP contribution < -0.4 is 5.32 Å².